The zero-order chi connectivity index (χ0) is 30.2. The molecule has 0 spiro atoms. The molecule has 10 rings (SSSR count). The van der Waals surface area contributed by atoms with Gasteiger partial charge < -0.3 is 4.42 Å². The predicted octanol–water partition coefficient (Wildman–Crippen LogP) is 12.1. The van der Waals surface area contributed by atoms with Gasteiger partial charge in [-0.05, 0) is 68.1 Å². The third-order valence-corrected chi connectivity index (χ3v) is 10.3. The fraction of sp³-hybridized carbons (Fsp3) is 0. The normalized spacial score (nSPS) is 11.9. The average Bonchev–Trinajstić information content (AvgIpc) is 3.70. The first-order valence-corrected chi connectivity index (χ1v) is 16.2. The Morgan fingerprint density at radius 3 is 2.00 bits per heavy atom. The van der Waals surface area contributed by atoms with Gasteiger partial charge in [0, 0.05) is 25.7 Å². The zero-order valence-corrected chi connectivity index (χ0v) is 25.4. The van der Waals surface area contributed by atoms with Gasteiger partial charge in [0.1, 0.15) is 11.1 Å². The molecule has 4 heteroatoms. The van der Waals surface area contributed by atoms with E-state index in [1.165, 1.54) is 42.1 Å². The van der Waals surface area contributed by atoms with Crippen LogP contribution in [0.1, 0.15) is 0 Å². The minimum atomic E-state index is 0.556. The molecule has 10 aromatic rings. The molecular weight excluding hydrogens is 581 g/mol. The van der Waals surface area contributed by atoms with E-state index in [-0.39, 0.29) is 0 Å². The van der Waals surface area contributed by atoms with E-state index in [2.05, 4.69) is 127 Å². The van der Waals surface area contributed by atoms with Crippen molar-refractivity contribution in [2.75, 3.05) is 0 Å². The van der Waals surface area contributed by atoms with Crippen LogP contribution in [0.25, 0.3) is 97.4 Å². The highest BCUT2D eigenvalue weighted by atomic mass is 32.1. The number of furan rings is 1. The van der Waals surface area contributed by atoms with Crippen LogP contribution in [0.4, 0.5) is 0 Å². The lowest BCUT2D eigenvalue weighted by Crippen LogP contribution is -1.88. The first-order chi connectivity index (χ1) is 22.8. The molecule has 3 aromatic heterocycles. The van der Waals surface area contributed by atoms with Gasteiger partial charge in [-0.3, -0.25) is 0 Å². The Morgan fingerprint density at radius 1 is 0.522 bits per heavy atom. The Morgan fingerprint density at radius 2 is 1.17 bits per heavy atom. The zero-order valence-electron chi connectivity index (χ0n) is 24.6. The van der Waals surface area contributed by atoms with Gasteiger partial charge in [-0.2, -0.15) is 0 Å². The molecule has 0 fully saturated rings. The van der Waals surface area contributed by atoms with Gasteiger partial charge in [-0.15, -0.1) is 11.3 Å². The summed E-state index contributed by atoms with van der Waals surface area (Å²) in [5.74, 6) is 0. The number of hydrogen-bond acceptors (Lipinski definition) is 4. The number of benzene rings is 7. The third kappa shape index (κ3) is 3.84. The summed E-state index contributed by atoms with van der Waals surface area (Å²) in [7, 11) is 0. The summed E-state index contributed by atoms with van der Waals surface area (Å²) in [6, 6.07) is 49.7. The molecule has 0 aliphatic carbocycles. The lowest BCUT2D eigenvalue weighted by atomic mass is 9.96. The lowest BCUT2D eigenvalue weighted by Gasteiger charge is -2.09. The topological polar surface area (TPSA) is 38.9 Å². The summed E-state index contributed by atoms with van der Waals surface area (Å²) >= 11 is 1.88. The van der Waals surface area contributed by atoms with Crippen molar-refractivity contribution in [2.45, 2.75) is 0 Å². The summed E-state index contributed by atoms with van der Waals surface area (Å²) in [5, 5.41) is 8.55. The second kappa shape index (κ2) is 9.83. The Hall–Kier alpha value is -5.84. The number of rotatable bonds is 3. The lowest BCUT2D eigenvalue weighted by molar-refractivity contribution is 0.654. The molecule has 0 saturated carbocycles. The van der Waals surface area contributed by atoms with Gasteiger partial charge in [0.2, 0.25) is 5.71 Å². The molecule has 0 unspecified atom stereocenters. The second-order valence-electron chi connectivity index (χ2n) is 11.8. The van der Waals surface area contributed by atoms with Crippen molar-refractivity contribution >= 4 is 75.3 Å². The van der Waals surface area contributed by atoms with Crippen LogP contribution in [0, 0.1) is 0 Å². The van der Waals surface area contributed by atoms with Crippen molar-refractivity contribution < 1.29 is 4.42 Å². The van der Waals surface area contributed by atoms with E-state index >= 15 is 0 Å². The standard InChI is InChI=1S/C42H24N2OS/c1-3-14-31-26(9-1)19-21-37-38(31)34-17-7-16-33(41(34)46-37)29-12-5-10-27(22-29)28-11-6-13-30(23-28)35-24-43-40-39-32-15-4-2-8-25(32)18-20-36(39)45-42(40)44-35/h1-24H. The fourth-order valence-electron chi connectivity index (χ4n) is 6.96. The van der Waals surface area contributed by atoms with E-state index in [1.54, 1.807) is 0 Å². The quantitative estimate of drug-likeness (QED) is 0.201. The molecule has 0 atom stereocenters. The Labute approximate surface area is 268 Å². The van der Waals surface area contributed by atoms with E-state index < -0.39 is 0 Å². The molecule has 0 saturated heterocycles. The maximum atomic E-state index is 6.21. The van der Waals surface area contributed by atoms with Crippen LogP contribution < -0.4 is 0 Å². The van der Waals surface area contributed by atoms with Crippen molar-refractivity contribution in [1.82, 2.24) is 9.97 Å². The Bertz CT molecular complexity index is 2830. The fourth-order valence-corrected chi connectivity index (χ4v) is 8.21. The SMILES string of the molecule is c1cc(-c2cccc(-c3cccc4c3sc3ccc5ccccc5c34)c2)cc(-c2cnc3c(n2)oc2ccc4ccccc4c23)c1. The smallest absolute Gasteiger partial charge is 0.246 e. The maximum absolute atomic E-state index is 6.21. The van der Waals surface area contributed by atoms with Gasteiger partial charge in [0.05, 0.1) is 17.3 Å². The van der Waals surface area contributed by atoms with Crippen LogP contribution in [0.2, 0.25) is 0 Å². The first kappa shape index (κ1) is 25.5. The molecule has 46 heavy (non-hydrogen) atoms. The van der Waals surface area contributed by atoms with Gasteiger partial charge >= 0.3 is 0 Å². The monoisotopic (exact) mass is 604 g/mol. The summed E-state index contributed by atoms with van der Waals surface area (Å²) in [4.78, 5) is 9.80. The third-order valence-electron chi connectivity index (χ3n) is 9.13. The molecule has 0 bridgehead atoms. The van der Waals surface area contributed by atoms with E-state index in [0.717, 1.165) is 49.6 Å². The van der Waals surface area contributed by atoms with E-state index in [9.17, 15) is 0 Å². The van der Waals surface area contributed by atoms with Crippen LogP contribution in [-0.4, -0.2) is 9.97 Å². The molecule has 0 N–H and O–H groups in total. The van der Waals surface area contributed by atoms with Crippen molar-refractivity contribution in [3.63, 3.8) is 0 Å². The molecule has 0 amide bonds. The molecule has 0 radical (unpaired) electrons. The molecule has 3 heterocycles. The molecular formula is C42H24N2OS. The summed E-state index contributed by atoms with van der Waals surface area (Å²) in [5.41, 5.74) is 8.70. The van der Waals surface area contributed by atoms with Crippen LogP contribution >= 0.6 is 11.3 Å². The Balaban J connectivity index is 1.07. The summed E-state index contributed by atoms with van der Waals surface area (Å²) in [6.07, 6.45) is 1.86. The summed E-state index contributed by atoms with van der Waals surface area (Å²) < 4.78 is 8.85. The summed E-state index contributed by atoms with van der Waals surface area (Å²) in [6.45, 7) is 0. The van der Waals surface area contributed by atoms with Crippen LogP contribution in [0.15, 0.2) is 150 Å². The van der Waals surface area contributed by atoms with Gasteiger partial charge in [0.15, 0.2) is 0 Å². The largest absolute Gasteiger partial charge is 0.436 e. The molecule has 7 aromatic carbocycles. The van der Waals surface area contributed by atoms with E-state index in [1.807, 2.05) is 29.7 Å². The van der Waals surface area contributed by atoms with Crippen LogP contribution in [0.5, 0.6) is 0 Å². The number of hydrogen-bond donors (Lipinski definition) is 0. The Kier molecular flexibility index (Phi) is 5.45. The van der Waals surface area contributed by atoms with Gasteiger partial charge in [-0.25, -0.2) is 9.97 Å². The molecule has 0 aliphatic rings. The molecule has 3 nitrogen and oxygen atoms in total. The van der Waals surface area contributed by atoms with Crippen molar-refractivity contribution in [2.24, 2.45) is 0 Å². The van der Waals surface area contributed by atoms with E-state index in [4.69, 9.17) is 14.4 Å². The highest BCUT2D eigenvalue weighted by Gasteiger charge is 2.16. The van der Waals surface area contributed by atoms with Crippen molar-refractivity contribution in [1.29, 1.82) is 0 Å². The maximum Gasteiger partial charge on any atom is 0.246 e. The van der Waals surface area contributed by atoms with E-state index in [0.29, 0.717) is 5.71 Å². The molecule has 214 valence electrons. The predicted molar refractivity (Wildman–Crippen MR) is 194 cm³/mol. The minimum absolute atomic E-state index is 0.556. The average molecular weight is 605 g/mol. The number of thiophene rings is 1. The van der Waals surface area contributed by atoms with Crippen LogP contribution in [0.3, 0.4) is 0 Å². The number of fused-ring (bicyclic) bond motifs is 10. The van der Waals surface area contributed by atoms with Crippen molar-refractivity contribution in [3.8, 4) is 33.5 Å². The number of aromatic nitrogens is 2. The van der Waals surface area contributed by atoms with Gasteiger partial charge in [-0.1, -0.05) is 115 Å². The molecule has 0 aliphatic heterocycles. The van der Waals surface area contributed by atoms with Crippen LogP contribution in [-0.2, 0) is 0 Å². The van der Waals surface area contributed by atoms with Crippen molar-refractivity contribution in [3.05, 3.63) is 146 Å². The van der Waals surface area contributed by atoms with Gasteiger partial charge in [0.25, 0.3) is 0 Å². The minimum Gasteiger partial charge on any atom is -0.436 e. The highest BCUT2D eigenvalue weighted by molar-refractivity contribution is 7.26. The highest BCUT2D eigenvalue weighted by Crippen LogP contribution is 2.43. The number of nitrogens with zero attached hydrogens (tertiary/aromatic N) is 2. The second-order valence-corrected chi connectivity index (χ2v) is 12.8. The first-order valence-electron chi connectivity index (χ1n) is 15.4.